The molecule has 10 nitrogen and oxygen atoms in total. The number of benzene rings is 3. The molecule has 6 rings (SSSR count). The van der Waals surface area contributed by atoms with Crippen molar-refractivity contribution in [3.63, 3.8) is 0 Å². The summed E-state index contributed by atoms with van der Waals surface area (Å²) in [7, 11) is 1.59. The second-order valence-corrected chi connectivity index (χ2v) is 12.4. The molecule has 45 heavy (non-hydrogen) atoms. The predicted molar refractivity (Wildman–Crippen MR) is 174 cm³/mol. The maximum absolute atomic E-state index is 14.2. The third-order valence-electron chi connectivity index (χ3n) is 7.93. The number of nitrogens with two attached hydrogens (primary N) is 1. The average molecular weight is 651 g/mol. The predicted octanol–water partition coefficient (Wildman–Crippen LogP) is 5.95. The summed E-state index contributed by atoms with van der Waals surface area (Å²) < 4.78 is 19.4. The van der Waals surface area contributed by atoms with Crippen molar-refractivity contribution in [3.05, 3.63) is 75.9 Å². The average Bonchev–Trinajstić information content (AvgIpc) is 3.40. The zero-order chi connectivity index (χ0) is 31.9. The van der Waals surface area contributed by atoms with Gasteiger partial charge in [0.2, 0.25) is 5.91 Å². The molecule has 0 atom stereocenters. The smallest absolute Gasteiger partial charge is 0.275 e. The Labute approximate surface area is 270 Å². The van der Waals surface area contributed by atoms with Gasteiger partial charge in [0, 0.05) is 58.0 Å². The van der Waals surface area contributed by atoms with E-state index in [4.69, 9.17) is 48.2 Å². The Morgan fingerprint density at radius 1 is 1.09 bits per heavy atom. The highest BCUT2D eigenvalue weighted by Gasteiger charge is 2.39. The summed E-state index contributed by atoms with van der Waals surface area (Å²) in [5.41, 5.74) is 10.1. The van der Waals surface area contributed by atoms with Crippen molar-refractivity contribution in [2.24, 2.45) is 5.73 Å². The van der Waals surface area contributed by atoms with E-state index in [1.165, 1.54) is 0 Å². The molecule has 3 N–H and O–H groups in total. The summed E-state index contributed by atoms with van der Waals surface area (Å²) in [6, 6.07) is 16.4. The van der Waals surface area contributed by atoms with Crippen LogP contribution in [0.3, 0.4) is 0 Å². The van der Waals surface area contributed by atoms with Gasteiger partial charge in [0.05, 0.1) is 37.2 Å². The first kappa shape index (κ1) is 30.9. The molecule has 0 spiro atoms. The normalized spacial score (nSPS) is 15.1. The van der Waals surface area contributed by atoms with E-state index in [0.717, 1.165) is 11.1 Å². The lowest BCUT2D eigenvalue weighted by Gasteiger charge is -2.41. The van der Waals surface area contributed by atoms with Crippen molar-refractivity contribution >= 4 is 40.7 Å². The minimum atomic E-state index is -0.524. The van der Waals surface area contributed by atoms with Crippen LogP contribution >= 0.6 is 23.2 Å². The molecule has 4 aromatic rings. The fraction of sp³-hybridized carbons (Fsp3) is 0.303. The number of aromatic nitrogens is 2. The number of nitrogens with one attached hydrogen (secondary N) is 1. The van der Waals surface area contributed by atoms with Crippen LogP contribution in [-0.2, 0) is 16.1 Å². The summed E-state index contributed by atoms with van der Waals surface area (Å²) in [5, 5.41) is 8.64. The lowest BCUT2D eigenvalue weighted by atomic mass is 9.95. The molecule has 0 radical (unpaired) electrons. The summed E-state index contributed by atoms with van der Waals surface area (Å²) in [5.74, 6) is 0.754. The number of fused-ring (bicyclic) bond motifs is 3. The number of morpholine rings is 1. The van der Waals surface area contributed by atoms with Crippen molar-refractivity contribution < 1.29 is 23.8 Å². The van der Waals surface area contributed by atoms with Crippen molar-refractivity contribution in [1.82, 2.24) is 14.7 Å². The highest BCUT2D eigenvalue weighted by atomic mass is 35.5. The molecule has 0 bridgehead atoms. The van der Waals surface area contributed by atoms with Crippen LogP contribution in [0.2, 0.25) is 10.0 Å². The number of ether oxygens (including phenoxy) is 3. The molecule has 0 aliphatic carbocycles. The molecule has 0 saturated carbocycles. The van der Waals surface area contributed by atoms with Crippen molar-refractivity contribution in [2.45, 2.75) is 32.4 Å². The molecule has 3 heterocycles. The molecule has 0 unspecified atom stereocenters. The topological polar surface area (TPSA) is 121 Å². The number of carbonyl (C=O) groups excluding carboxylic acids is 2. The van der Waals surface area contributed by atoms with Gasteiger partial charge in [-0.3, -0.25) is 9.59 Å². The largest absolute Gasteiger partial charge is 0.496 e. The lowest BCUT2D eigenvalue weighted by molar-refractivity contribution is -0.116. The number of hydrogen-bond donors (Lipinski definition) is 2. The molecule has 2 aliphatic rings. The first-order chi connectivity index (χ1) is 21.6. The van der Waals surface area contributed by atoms with Gasteiger partial charge in [0.1, 0.15) is 18.1 Å². The van der Waals surface area contributed by atoms with Gasteiger partial charge in [-0.2, -0.15) is 5.10 Å². The van der Waals surface area contributed by atoms with Gasteiger partial charge < -0.3 is 30.2 Å². The van der Waals surface area contributed by atoms with Gasteiger partial charge in [0.25, 0.3) is 5.91 Å². The van der Waals surface area contributed by atoms with Crippen molar-refractivity contribution in [2.75, 3.05) is 38.7 Å². The molecule has 1 saturated heterocycles. The Hall–Kier alpha value is -4.09. The third kappa shape index (κ3) is 5.98. The molecule has 3 aromatic carbocycles. The molecular formula is C33H33Cl2N5O5. The van der Waals surface area contributed by atoms with Crippen molar-refractivity contribution in [3.8, 4) is 39.6 Å². The Kier molecular flexibility index (Phi) is 8.49. The molecule has 2 aliphatic heterocycles. The van der Waals surface area contributed by atoms with Crippen LogP contribution in [0.1, 0.15) is 36.3 Å². The minimum Gasteiger partial charge on any atom is -0.496 e. The first-order valence-corrected chi connectivity index (χ1v) is 15.3. The van der Waals surface area contributed by atoms with Crippen LogP contribution in [-0.4, -0.2) is 65.4 Å². The van der Waals surface area contributed by atoms with Gasteiger partial charge >= 0.3 is 0 Å². The third-order valence-corrected chi connectivity index (χ3v) is 8.36. The van der Waals surface area contributed by atoms with Gasteiger partial charge in [-0.15, -0.1) is 0 Å². The van der Waals surface area contributed by atoms with E-state index in [-0.39, 0.29) is 37.1 Å². The Morgan fingerprint density at radius 2 is 1.87 bits per heavy atom. The maximum Gasteiger partial charge on any atom is 0.275 e. The minimum absolute atomic E-state index is 0.119. The van der Waals surface area contributed by atoms with Gasteiger partial charge in [-0.1, -0.05) is 35.3 Å². The number of carbonyl (C=O) groups is 2. The summed E-state index contributed by atoms with van der Waals surface area (Å²) in [4.78, 5) is 28.2. The first-order valence-electron chi connectivity index (χ1n) is 14.5. The number of hydrogen-bond acceptors (Lipinski definition) is 7. The van der Waals surface area contributed by atoms with Crippen LogP contribution < -0.4 is 20.5 Å². The van der Waals surface area contributed by atoms with Crippen LogP contribution in [0.25, 0.3) is 28.1 Å². The van der Waals surface area contributed by atoms with Gasteiger partial charge in [-0.25, -0.2) is 4.68 Å². The van der Waals surface area contributed by atoms with Gasteiger partial charge in [-0.05, 0) is 55.8 Å². The van der Waals surface area contributed by atoms with E-state index in [9.17, 15) is 9.59 Å². The highest BCUT2D eigenvalue weighted by molar-refractivity contribution is 6.34. The van der Waals surface area contributed by atoms with E-state index in [0.29, 0.717) is 69.5 Å². The number of anilines is 1. The Morgan fingerprint density at radius 3 is 2.58 bits per heavy atom. The SMILES string of the molecule is COc1cc2c(cc1-c1cccc(NC(=O)CCN)c1)-c1c(c(C(=O)N3CCOCC3(C)C)nn1-c1cc(Cl)cc(Cl)c1)CO2. The van der Waals surface area contributed by atoms with E-state index < -0.39 is 5.54 Å². The van der Waals surface area contributed by atoms with E-state index in [2.05, 4.69) is 5.32 Å². The van der Waals surface area contributed by atoms with Crippen molar-refractivity contribution in [1.29, 1.82) is 0 Å². The Balaban J connectivity index is 1.53. The number of rotatable bonds is 7. The van der Waals surface area contributed by atoms with E-state index in [1.807, 2.05) is 50.2 Å². The summed E-state index contributed by atoms with van der Waals surface area (Å²) in [6.07, 6.45) is 0.215. The van der Waals surface area contributed by atoms with Crippen LogP contribution in [0, 0.1) is 0 Å². The summed E-state index contributed by atoms with van der Waals surface area (Å²) >= 11 is 12.9. The second kappa shape index (κ2) is 12.4. The monoisotopic (exact) mass is 649 g/mol. The number of nitrogens with zero attached hydrogens (tertiary/aromatic N) is 3. The Bertz CT molecular complexity index is 1780. The molecule has 12 heteroatoms. The van der Waals surface area contributed by atoms with Gasteiger partial charge in [0.15, 0.2) is 5.69 Å². The maximum atomic E-state index is 14.2. The fourth-order valence-electron chi connectivity index (χ4n) is 5.78. The molecule has 234 valence electrons. The van der Waals surface area contributed by atoms with Crippen LogP contribution in [0.15, 0.2) is 54.6 Å². The number of methoxy groups -OCH3 is 1. The molecule has 1 fully saturated rings. The van der Waals surface area contributed by atoms with E-state index in [1.54, 1.807) is 34.9 Å². The zero-order valence-corrected chi connectivity index (χ0v) is 26.7. The molecule has 1 aromatic heterocycles. The second-order valence-electron chi connectivity index (χ2n) is 11.5. The fourth-order valence-corrected chi connectivity index (χ4v) is 6.29. The number of amides is 2. The van der Waals surface area contributed by atoms with E-state index >= 15 is 0 Å². The molecular weight excluding hydrogens is 617 g/mol. The lowest BCUT2D eigenvalue weighted by Crippen LogP contribution is -2.55. The van der Waals surface area contributed by atoms with Crippen LogP contribution in [0.5, 0.6) is 11.5 Å². The zero-order valence-electron chi connectivity index (χ0n) is 25.2. The number of halogens is 2. The van der Waals surface area contributed by atoms with Crippen LogP contribution in [0.4, 0.5) is 5.69 Å². The quantitative estimate of drug-likeness (QED) is 0.254. The molecule has 2 amide bonds. The summed E-state index contributed by atoms with van der Waals surface area (Å²) in [6.45, 7) is 5.62. The highest BCUT2D eigenvalue weighted by Crippen LogP contribution is 2.46. The standard InChI is InChI=1S/C33H33Cl2N5O5/c1-33(2)18-44-10-9-39(33)32(42)30-26-17-45-28-16-27(43-3)24(19-5-4-6-22(11-19)37-29(41)7-8-36)15-25(28)31(26)40(38-30)23-13-20(34)12-21(35)14-23/h4-6,11-16H,7-10,17-18,36H2,1-3H3,(H,37,41).